The lowest BCUT2D eigenvalue weighted by atomic mass is 9.97. The lowest BCUT2D eigenvalue weighted by Crippen LogP contribution is -2.64. The first-order valence-electron chi connectivity index (χ1n) is 4.67. The molecule has 5 N–H and O–H groups in total. The predicted octanol–water partition coefficient (Wildman–Crippen LogP) is -2.86. The van der Waals surface area contributed by atoms with Gasteiger partial charge in [0, 0.05) is 0 Å². The zero-order valence-corrected chi connectivity index (χ0v) is 9.04. The molecular formula is C8H14ClNO6. The van der Waals surface area contributed by atoms with Gasteiger partial charge in [-0.25, -0.2) is 0 Å². The maximum Gasteiger partial charge on any atom is 0.235 e. The van der Waals surface area contributed by atoms with Crippen molar-refractivity contribution in [2.24, 2.45) is 0 Å². The van der Waals surface area contributed by atoms with Crippen LogP contribution in [0.4, 0.5) is 0 Å². The molecule has 1 saturated heterocycles. The van der Waals surface area contributed by atoms with E-state index >= 15 is 0 Å². The van der Waals surface area contributed by atoms with Crippen LogP contribution in [0.5, 0.6) is 0 Å². The number of ether oxygens (including phenoxy) is 1. The fraction of sp³-hybridized carbons (Fsp3) is 0.875. The second-order valence-electron chi connectivity index (χ2n) is 3.46. The van der Waals surface area contributed by atoms with Crippen molar-refractivity contribution in [3.63, 3.8) is 0 Å². The van der Waals surface area contributed by atoms with Gasteiger partial charge in [-0.1, -0.05) is 0 Å². The number of amides is 1. The van der Waals surface area contributed by atoms with Crippen LogP contribution >= 0.6 is 11.6 Å². The number of halogens is 1. The van der Waals surface area contributed by atoms with E-state index in [4.69, 9.17) is 21.4 Å². The first-order valence-corrected chi connectivity index (χ1v) is 5.20. The van der Waals surface area contributed by atoms with Crippen molar-refractivity contribution in [2.45, 2.75) is 30.6 Å². The minimum absolute atomic E-state index is 0.338. The highest BCUT2D eigenvalue weighted by Gasteiger charge is 2.44. The molecule has 1 amide bonds. The average molecular weight is 256 g/mol. The van der Waals surface area contributed by atoms with E-state index in [1.165, 1.54) is 0 Å². The molecular weight excluding hydrogens is 242 g/mol. The standard InChI is InChI=1S/C8H14ClNO6/c9-1-4(12)10-5-7(14)6(13)3(2-11)16-8(5)15/h3,5-8,11,13-15H,1-2H2,(H,10,12)/t3?,5-,6+,7?,8+/m0/s1. The Morgan fingerprint density at radius 2 is 1.94 bits per heavy atom. The fourth-order valence-electron chi connectivity index (χ4n) is 1.48. The zero-order valence-electron chi connectivity index (χ0n) is 8.28. The summed E-state index contributed by atoms with van der Waals surface area (Å²) in [4.78, 5) is 11.0. The number of hydrogen-bond acceptors (Lipinski definition) is 6. The summed E-state index contributed by atoms with van der Waals surface area (Å²) in [6, 6.07) is -1.18. The number of aliphatic hydroxyl groups is 4. The van der Waals surface area contributed by atoms with Crippen LogP contribution in [0.15, 0.2) is 0 Å². The normalized spacial score (nSPS) is 39.4. The molecule has 0 aliphatic carbocycles. The summed E-state index contributed by atoms with van der Waals surface area (Å²) in [6.45, 7) is -0.550. The average Bonchev–Trinajstić information content (AvgIpc) is 2.28. The van der Waals surface area contributed by atoms with E-state index in [1.807, 2.05) is 0 Å². The minimum Gasteiger partial charge on any atom is -0.394 e. The second kappa shape index (κ2) is 5.76. The van der Waals surface area contributed by atoms with Gasteiger partial charge in [0.15, 0.2) is 6.29 Å². The molecule has 7 nitrogen and oxygen atoms in total. The van der Waals surface area contributed by atoms with Gasteiger partial charge >= 0.3 is 0 Å². The van der Waals surface area contributed by atoms with Gasteiger partial charge in [-0.05, 0) is 0 Å². The Bertz CT molecular complexity index is 253. The molecule has 0 radical (unpaired) electrons. The fourth-order valence-corrected chi connectivity index (χ4v) is 1.55. The van der Waals surface area contributed by atoms with Gasteiger partial charge in [-0.3, -0.25) is 4.79 Å². The van der Waals surface area contributed by atoms with Gasteiger partial charge in [0.2, 0.25) is 5.91 Å². The molecule has 2 unspecified atom stereocenters. The quantitative estimate of drug-likeness (QED) is 0.346. The van der Waals surface area contributed by atoms with Crippen LogP contribution in [0.2, 0.25) is 0 Å². The van der Waals surface area contributed by atoms with Crippen molar-refractivity contribution in [1.82, 2.24) is 5.32 Å². The van der Waals surface area contributed by atoms with Crippen molar-refractivity contribution in [1.29, 1.82) is 0 Å². The van der Waals surface area contributed by atoms with E-state index in [1.54, 1.807) is 0 Å². The van der Waals surface area contributed by atoms with Crippen molar-refractivity contribution < 1.29 is 30.0 Å². The largest absolute Gasteiger partial charge is 0.394 e. The summed E-state index contributed by atoms with van der Waals surface area (Å²) < 4.78 is 4.81. The summed E-state index contributed by atoms with van der Waals surface area (Å²) in [6.07, 6.45) is -5.43. The summed E-state index contributed by atoms with van der Waals surface area (Å²) in [5, 5.41) is 39.5. The molecule has 1 rings (SSSR count). The van der Waals surface area contributed by atoms with Crippen LogP contribution < -0.4 is 5.32 Å². The zero-order chi connectivity index (χ0) is 12.3. The summed E-state index contributed by atoms with van der Waals surface area (Å²) in [7, 11) is 0. The molecule has 8 heteroatoms. The maximum atomic E-state index is 11.0. The second-order valence-corrected chi connectivity index (χ2v) is 3.72. The summed E-state index contributed by atoms with van der Waals surface area (Å²) >= 11 is 5.24. The van der Waals surface area contributed by atoms with E-state index < -0.39 is 43.2 Å². The van der Waals surface area contributed by atoms with Crippen LogP contribution in [0.25, 0.3) is 0 Å². The van der Waals surface area contributed by atoms with Crippen molar-refractivity contribution in [3.8, 4) is 0 Å². The highest BCUT2D eigenvalue weighted by molar-refractivity contribution is 6.27. The molecule has 5 atom stereocenters. The van der Waals surface area contributed by atoms with Gasteiger partial charge in [-0.2, -0.15) is 0 Å². The monoisotopic (exact) mass is 255 g/mol. The van der Waals surface area contributed by atoms with Crippen molar-refractivity contribution in [2.75, 3.05) is 12.5 Å². The van der Waals surface area contributed by atoms with Crippen LogP contribution in [-0.2, 0) is 9.53 Å². The first-order chi connectivity index (χ1) is 7.51. The molecule has 1 aliphatic heterocycles. The molecule has 16 heavy (non-hydrogen) atoms. The van der Waals surface area contributed by atoms with Crippen LogP contribution in [0, 0.1) is 0 Å². The third-order valence-corrected chi connectivity index (χ3v) is 2.59. The van der Waals surface area contributed by atoms with E-state index in [9.17, 15) is 20.1 Å². The van der Waals surface area contributed by atoms with Crippen molar-refractivity contribution in [3.05, 3.63) is 0 Å². The third-order valence-electron chi connectivity index (χ3n) is 2.35. The number of nitrogens with one attached hydrogen (secondary N) is 1. The highest BCUT2D eigenvalue weighted by Crippen LogP contribution is 2.19. The molecule has 94 valence electrons. The molecule has 0 bridgehead atoms. The molecule has 0 aromatic carbocycles. The van der Waals surface area contributed by atoms with E-state index in [-0.39, 0.29) is 5.88 Å². The van der Waals surface area contributed by atoms with Gasteiger partial charge in [0.25, 0.3) is 0 Å². The number of rotatable bonds is 3. The smallest absolute Gasteiger partial charge is 0.235 e. The van der Waals surface area contributed by atoms with E-state index in [0.717, 1.165) is 0 Å². The Labute approximate surface area is 96.6 Å². The van der Waals surface area contributed by atoms with Crippen LogP contribution in [-0.4, -0.2) is 69.5 Å². The minimum atomic E-state index is -1.51. The molecule has 1 heterocycles. The van der Waals surface area contributed by atoms with E-state index in [2.05, 4.69) is 5.32 Å². The SMILES string of the molecule is O=C(CCl)N[C@H]1C(O)[C@H](O)C(CO)O[C@H]1O. The Kier molecular flexibility index (Phi) is 4.90. The van der Waals surface area contributed by atoms with Gasteiger partial charge < -0.3 is 30.5 Å². The lowest BCUT2D eigenvalue weighted by molar-refractivity contribution is -0.253. The Morgan fingerprint density at radius 3 is 2.44 bits per heavy atom. The molecule has 0 saturated carbocycles. The topological polar surface area (TPSA) is 119 Å². The number of alkyl halides is 1. The molecule has 1 fully saturated rings. The van der Waals surface area contributed by atoms with Crippen LogP contribution in [0.1, 0.15) is 0 Å². The Morgan fingerprint density at radius 1 is 1.31 bits per heavy atom. The van der Waals surface area contributed by atoms with E-state index in [0.29, 0.717) is 0 Å². The molecule has 0 spiro atoms. The number of hydrogen-bond donors (Lipinski definition) is 5. The Balaban J connectivity index is 2.67. The van der Waals surface area contributed by atoms with Gasteiger partial charge in [0.1, 0.15) is 30.2 Å². The maximum absolute atomic E-state index is 11.0. The number of carbonyl (C=O) groups excluding carboxylic acids is 1. The predicted molar refractivity (Wildman–Crippen MR) is 52.6 cm³/mol. The summed E-state index contributed by atoms with van der Waals surface area (Å²) in [5.74, 6) is -0.946. The highest BCUT2D eigenvalue weighted by atomic mass is 35.5. The summed E-state index contributed by atoms with van der Waals surface area (Å²) in [5.41, 5.74) is 0. The first kappa shape index (κ1) is 13.6. The van der Waals surface area contributed by atoms with Crippen molar-refractivity contribution >= 4 is 17.5 Å². The van der Waals surface area contributed by atoms with Gasteiger partial charge in [-0.15, -0.1) is 11.6 Å². The molecule has 0 aromatic rings. The third kappa shape index (κ3) is 2.82. The van der Waals surface area contributed by atoms with Crippen LogP contribution in [0.3, 0.4) is 0 Å². The molecule has 0 aromatic heterocycles. The van der Waals surface area contributed by atoms with Gasteiger partial charge in [0.05, 0.1) is 6.61 Å². The molecule has 1 aliphatic rings. The number of carbonyl (C=O) groups is 1. The Hall–Kier alpha value is -0.440. The number of aliphatic hydroxyl groups excluding tert-OH is 4. The lowest BCUT2D eigenvalue weighted by Gasteiger charge is -2.40.